The van der Waals surface area contributed by atoms with Crippen molar-refractivity contribution < 1.29 is 13.5 Å². The van der Waals surface area contributed by atoms with E-state index in [-0.39, 0.29) is 17.4 Å². The fourth-order valence-electron chi connectivity index (χ4n) is 2.93. The van der Waals surface area contributed by atoms with E-state index in [4.69, 9.17) is 4.74 Å². The molecule has 3 rings (SSSR count). The number of halogens is 2. The molecule has 0 bridgehead atoms. The van der Waals surface area contributed by atoms with Crippen LogP contribution in [0.5, 0.6) is 5.75 Å². The zero-order valence-corrected chi connectivity index (χ0v) is 12.7. The Morgan fingerprint density at radius 3 is 2.64 bits per heavy atom. The highest BCUT2D eigenvalue weighted by Gasteiger charge is 2.20. The van der Waals surface area contributed by atoms with Crippen LogP contribution in [-0.4, -0.2) is 7.11 Å². The summed E-state index contributed by atoms with van der Waals surface area (Å²) < 4.78 is 33.5. The van der Waals surface area contributed by atoms with E-state index < -0.39 is 0 Å². The van der Waals surface area contributed by atoms with Crippen molar-refractivity contribution in [2.45, 2.75) is 26.2 Å². The summed E-state index contributed by atoms with van der Waals surface area (Å²) in [5.41, 5.74) is 4.05. The molecule has 0 atom stereocenters. The van der Waals surface area contributed by atoms with Gasteiger partial charge in [-0.3, -0.25) is 0 Å². The molecular weight excluding hydrogens is 282 g/mol. The van der Waals surface area contributed by atoms with E-state index in [0.717, 1.165) is 23.1 Å². The lowest BCUT2D eigenvalue weighted by Crippen LogP contribution is -2.07. The van der Waals surface area contributed by atoms with E-state index >= 15 is 0 Å². The van der Waals surface area contributed by atoms with Gasteiger partial charge in [0.05, 0.1) is 7.11 Å². The second kappa shape index (κ2) is 5.91. The summed E-state index contributed by atoms with van der Waals surface area (Å²) in [5.74, 6) is -0.255. The first-order valence-corrected chi connectivity index (χ1v) is 7.46. The first kappa shape index (κ1) is 14.8. The Labute approximate surface area is 129 Å². The number of hydrogen-bond acceptors (Lipinski definition) is 1. The van der Waals surface area contributed by atoms with Crippen LogP contribution in [0.4, 0.5) is 8.78 Å². The molecule has 2 aromatic rings. The summed E-state index contributed by atoms with van der Waals surface area (Å²) in [4.78, 5) is 0. The molecular formula is C19H18F2O. The van der Waals surface area contributed by atoms with Crippen molar-refractivity contribution in [2.24, 2.45) is 0 Å². The van der Waals surface area contributed by atoms with Crippen LogP contribution in [0.15, 0.2) is 36.4 Å². The van der Waals surface area contributed by atoms with Gasteiger partial charge < -0.3 is 4.74 Å². The van der Waals surface area contributed by atoms with Crippen LogP contribution in [0.25, 0.3) is 5.57 Å². The third-order valence-electron chi connectivity index (χ3n) is 4.25. The van der Waals surface area contributed by atoms with E-state index in [0.29, 0.717) is 24.0 Å². The number of aryl methyl sites for hydroxylation is 1. The molecule has 0 fully saturated rings. The normalized spacial score (nSPS) is 13.5. The maximum absolute atomic E-state index is 14.3. The molecule has 1 aliphatic carbocycles. The Bertz CT molecular complexity index is 747. The Morgan fingerprint density at radius 2 is 1.95 bits per heavy atom. The number of fused-ring (bicyclic) bond motifs is 1. The molecule has 0 spiro atoms. The highest BCUT2D eigenvalue weighted by atomic mass is 19.1. The van der Waals surface area contributed by atoms with Crippen molar-refractivity contribution in [3.05, 3.63) is 70.3 Å². The van der Waals surface area contributed by atoms with Gasteiger partial charge in [-0.05, 0) is 53.7 Å². The molecule has 3 heteroatoms. The fraction of sp³-hybridized carbons (Fsp3) is 0.263. The molecule has 0 radical (unpaired) electrons. The van der Waals surface area contributed by atoms with E-state index in [1.54, 1.807) is 12.1 Å². The van der Waals surface area contributed by atoms with Gasteiger partial charge in [-0.2, -0.15) is 0 Å². The molecule has 0 heterocycles. The SMILES string of the molecule is CCc1ccc(C2=CCc3c(ccc(OC)c3F)C2)c(F)c1. The van der Waals surface area contributed by atoms with Crippen molar-refractivity contribution in [2.75, 3.05) is 7.11 Å². The predicted octanol–water partition coefficient (Wildman–Crippen LogP) is 4.72. The van der Waals surface area contributed by atoms with Crippen LogP contribution in [-0.2, 0) is 19.3 Å². The van der Waals surface area contributed by atoms with Crippen LogP contribution in [0.3, 0.4) is 0 Å². The minimum atomic E-state index is -0.308. The summed E-state index contributed by atoms with van der Waals surface area (Å²) >= 11 is 0. The number of rotatable bonds is 3. The second-order valence-corrected chi connectivity index (χ2v) is 5.50. The zero-order valence-electron chi connectivity index (χ0n) is 12.7. The molecule has 0 N–H and O–H groups in total. The number of benzene rings is 2. The van der Waals surface area contributed by atoms with Crippen LogP contribution < -0.4 is 4.74 Å². The van der Waals surface area contributed by atoms with Gasteiger partial charge in [0.2, 0.25) is 0 Å². The maximum atomic E-state index is 14.3. The van der Waals surface area contributed by atoms with Crippen molar-refractivity contribution in [1.82, 2.24) is 0 Å². The summed E-state index contributed by atoms with van der Waals surface area (Å²) in [6.45, 7) is 2.00. The Morgan fingerprint density at radius 1 is 1.14 bits per heavy atom. The van der Waals surface area contributed by atoms with E-state index in [9.17, 15) is 8.78 Å². The highest BCUT2D eigenvalue weighted by Crippen LogP contribution is 2.33. The molecule has 0 amide bonds. The van der Waals surface area contributed by atoms with E-state index in [1.807, 2.05) is 31.2 Å². The summed E-state index contributed by atoms with van der Waals surface area (Å²) in [6.07, 6.45) is 3.72. The van der Waals surface area contributed by atoms with Gasteiger partial charge in [-0.1, -0.05) is 31.2 Å². The lowest BCUT2D eigenvalue weighted by atomic mass is 9.87. The molecule has 1 aliphatic rings. The third-order valence-corrected chi connectivity index (χ3v) is 4.25. The Kier molecular flexibility index (Phi) is 3.97. The fourth-order valence-corrected chi connectivity index (χ4v) is 2.93. The Balaban J connectivity index is 1.95. The monoisotopic (exact) mass is 300 g/mol. The third kappa shape index (κ3) is 2.52. The largest absolute Gasteiger partial charge is 0.494 e. The maximum Gasteiger partial charge on any atom is 0.168 e. The number of hydrogen-bond donors (Lipinski definition) is 0. The lowest BCUT2D eigenvalue weighted by Gasteiger charge is -2.19. The predicted molar refractivity (Wildman–Crippen MR) is 84.1 cm³/mol. The molecule has 0 saturated heterocycles. The topological polar surface area (TPSA) is 9.23 Å². The van der Waals surface area contributed by atoms with Crippen LogP contribution in [0.2, 0.25) is 0 Å². The molecule has 114 valence electrons. The van der Waals surface area contributed by atoms with Crippen molar-refractivity contribution >= 4 is 5.57 Å². The second-order valence-electron chi connectivity index (χ2n) is 5.50. The molecule has 0 unspecified atom stereocenters. The van der Waals surface area contributed by atoms with Crippen molar-refractivity contribution in [1.29, 1.82) is 0 Å². The van der Waals surface area contributed by atoms with Gasteiger partial charge in [-0.25, -0.2) is 8.78 Å². The highest BCUT2D eigenvalue weighted by molar-refractivity contribution is 5.71. The molecule has 1 nitrogen and oxygen atoms in total. The van der Waals surface area contributed by atoms with Crippen molar-refractivity contribution in [3.63, 3.8) is 0 Å². The Hall–Kier alpha value is -2.16. The van der Waals surface area contributed by atoms with Gasteiger partial charge in [0.1, 0.15) is 5.82 Å². The van der Waals surface area contributed by atoms with Crippen LogP contribution >= 0.6 is 0 Å². The van der Waals surface area contributed by atoms with E-state index in [2.05, 4.69) is 0 Å². The average Bonchev–Trinajstić information content (AvgIpc) is 2.54. The number of allylic oxidation sites excluding steroid dienone is 2. The molecule has 22 heavy (non-hydrogen) atoms. The molecule has 0 saturated carbocycles. The van der Waals surface area contributed by atoms with Gasteiger partial charge in [0.15, 0.2) is 11.6 Å². The van der Waals surface area contributed by atoms with Gasteiger partial charge in [0, 0.05) is 5.56 Å². The summed E-state index contributed by atoms with van der Waals surface area (Å²) in [5, 5.41) is 0. The molecule has 0 aliphatic heterocycles. The first-order valence-electron chi connectivity index (χ1n) is 7.46. The summed E-state index contributed by atoms with van der Waals surface area (Å²) in [7, 11) is 1.46. The standard InChI is InChI=1S/C19H18F2O/c1-3-12-4-7-15(17(20)10-12)13-5-8-16-14(11-13)6-9-18(22-2)19(16)21/h4-7,9-10H,3,8,11H2,1-2H3. The molecule has 0 aromatic heterocycles. The first-order chi connectivity index (χ1) is 10.6. The summed E-state index contributed by atoms with van der Waals surface area (Å²) in [6, 6.07) is 8.85. The minimum Gasteiger partial charge on any atom is -0.494 e. The van der Waals surface area contributed by atoms with Gasteiger partial charge >= 0.3 is 0 Å². The lowest BCUT2D eigenvalue weighted by molar-refractivity contribution is 0.384. The quantitative estimate of drug-likeness (QED) is 0.797. The smallest absolute Gasteiger partial charge is 0.168 e. The average molecular weight is 300 g/mol. The van der Waals surface area contributed by atoms with Gasteiger partial charge in [-0.15, -0.1) is 0 Å². The van der Waals surface area contributed by atoms with Crippen LogP contribution in [0, 0.1) is 11.6 Å². The minimum absolute atomic E-state index is 0.206. The van der Waals surface area contributed by atoms with Crippen LogP contribution in [0.1, 0.15) is 29.2 Å². The molecule has 2 aromatic carbocycles. The van der Waals surface area contributed by atoms with Gasteiger partial charge in [0.25, 0.3) is 0 Å². The van der Waals surface area contributed by atoms with E-state index in [1.165, 1.54) is 7.11 Å². The number of methoxy groups -OCH3 is 1. The zero-order chi connectivity index (χ0) is 15.7. The number of ether oxygens (including phenoxy) is 1. The van der Waals surface area contributed by atoms with Crippen molar-refractivity contribution in [3.8, 4) is 5.75 Å².